The van der Waals surface area contributed by atoms with E-state index in [4.69, 9.17) is 16.6 Å². The van der Waals surface area contributed by atoms with Gasteiger partial charge in [0.15, 0.2) is 0 Å². The molecule has 0 unspecified atom stereocenters. The number of nitrogens with one attached hydrogen (secondary N) is 1. The quantitative estimate of drug-likeness (QED) is 0.461. The molecule has 1 aliphatic rings. The van der Waals surface area contributed by atoms with Crippen molar-refractivity contribution >= 4 is 16.2 Å². The molecule has 106 valence electrons. The second-order valence-electron chi connectivity index (χ2n) is 5.24. The second-order valence-corrected chi connectivity index (χ2v) is 6.91. The van der Waals surface area contributed by atoms with Crippen molar-refractivity contribution in [1.29, 1.82) is 0 Å². The van der Waals surface area contributed by atoms with Crippen LogP contribution >= 0.6 is 0 Å². The highest BCUT2D eigenvalue weighted by atomic mass is 32.2. The highest BCUT2D eigenvalue weighted by Crippen LogP contribution is 2.22. The summed E-state index contributed by atoms with van der Waals surface area (Å²) in [4.78, 5) is 11.0. The number of hydrogen-bond acceptors (Lipinski definition) is 5. The number of nitrogens with zero attached hydrogens (tertiary/aromatic N) is 1. The van der Waals surface area contributed by atoms with E-state index in [0.717, 1.165) is 4.31 Å². The summed E-state index contributed by atoms with van der Waals surface area (Å²) in [7, 11) is -3.77. The third kappa shape index (κ3) is 3.18. The van der Waals surface area contributed by atoms with Crippen LogP contribution in [-0.2, 0) is 15.0 Å². The van der Waals surface area contributed by atoms with Crippen LogP contribution in [-0.4, -0.2) is 54.5 Å². The number of hydrogen-bond donors (Lipinski definition) is 4. The normalized spacial score (nSPS) is 26.4. The Balaban J connectivity index is 2.82. The van der Waals surface area contributed by atoms with E-state index in [-0.39, 0.29) is 26.1 Å². The molecule has 6 N–H and O–H groups in total. The third-order valence-electron chi connectivity index (χ3n) is 2.95. The Labute approximate surface area is 106 Å². The van der Waals surface area contributed by atoms with Crippen LogP contribution in [0.1, 0.15) is 20.3 Å². The summed E-state index contributed by atoms with van der Waals surface area (Å²) in [5.74, 6) is -1.20. The van der Waals surface area contributed by atoms with Crippen molar-refractivity contribution in [3.63, 3.8) is 0 Å². The van der Waals surface area contributed by atoms with E-state index in [2.05, 4.69) is 4.72 Å². The molecule has 0 radical (unpaired) electrons. The van der Waals surface area contributed by atoms with E-state index in [0.29, 0.717) is 0 Å². The van der Waals surface area contributed by atoms with Crippen molar-refractivity contribution in [1.82, 2.24) is 9.03 Å². The highest BCUT2D eigenvalue weighted by molar-refractivity contribution is 7.87. The molecule has 0 aromatic heterocycles. The van der Waals surface area contributed by atoms with Crippen molar-refractivity contribution in [3.8, 4) is 0 Å². The first-order valence-corrected chi connectivity index (χ1v) is 6.98. The molecule has 0 aliphatic carbocycles. The fraction of sp³-hybridized carbons (Fsp3) is 0.889. The van der Waals surface area contributed by atoms with Gasteiger partial charge in [0.05, 0.1) is 0 Å². The Morgan fingerprint density at radius 1 is 1.56 bits per heavy atom. The summed E-state index contributed by atoms with van der Waals surface area (Å²) in [6.45, 7) is 3.27. The summed E-state index contributed by atoms with van der Waals surface area (Å²) in [5.41, 5.74) is 8.77. The first-order chi connectivity index (χ1) is 8.02. The van der Waals surface area contributed by atoms with Gasteiger partial charge in [-0.2, -0.15) is 17.4 Å². The molecule has 18 heavy (non-hydrogen) atoms. The summed E-state index contributed by atoms with van der Waals surface area (Å²) in [5, 5.41) is 8.95. The molecule has 0 bridgehead atoms. The minimum atomic E-state index is -3.77. The maximum atomic E-state index is 12.0. The molecule has 1 aliphatic heterocycles. The van der Waals surface area contributed by atoms with E-state index in [9.17, 15) is 13.2 Å². The number of aliphatic carboxylic acids is 1. The van der Waals surface area contributed by atoms with Gasteiger partial charge in [0.2, 0.25) is 0 Å². The summed E-state index contributed by atoms with van der Waals surface area (Å²) in [6.07, 6.45) is 0.0896. The van der Waals surface area contributed by atoms with Crippen molar-refractivity contribution in [2.24, 2.45) is 11.5 Å². The molecule has 0 aromatic rings. The lowest BCUT2D eigenvalue weighted by atomic mass is 10.0. The van der Waals surface area contributed by atoms with Gasteiger partial charge in [-0.15, -0.1) is 0 Å². The summed E-state index contributed by atoms with van der Waals surface area (Å²) >= 11 is 0. The zero-order valence-electron chi connectivity index (χ0n) is 10.5. The van der Waals surface area contributed by atoms with Gasteiger partial charge in [0, 0.05) is 25.2 Å². The van der Waals surface area contributed by atoms with Crippen LogP contribution in [0.25, 0.3) is 0 Å². The Kier molecular flexibility index (Phi) is 4.03. The van der Waals surface area contributed by atoms with Gasteiger partial charge in [0.1, 0.15) is 5.54 Å². The molecule has 1 rings (SSSR count). The molecule has 8 nitrogen and oxygen atoms in total. The molecule has 9 heteroatoms. The largest absolute Gasteiger partial charge is 0.480 e. The van der Waals surface area contributed by atoms with E-state index < -0.39 is 27.3 Å². The molecule has 0 amide bonds. The van der Waals surface area contributed by atoms with E-state index in [1.807, 2.05) is 0 Å². The number of rotatable bonds is 5. The van der Waals surface area contributed by atoms with Crippen LogP contribution in [0.15, 0.2) is 0 Å². The van der Waals surface area contributed by atoms with Crippen LogP contribution in [0.3, 0.4) is 0 Å². The smallest absolute Gasteiger partial charge is 0.325 e. The Morgan fingerprint density at radius 2 is 2.11 bits per heavy atom. The topological polar surface area (TPSA) is 139 Å². The van der Waals surface area contributed by atoms with Crippen LogP contribution < -0.4 is 16.2 Å². The van der Waals surface area contributed by atoms with Gasteiger partial charge < -0.3 is 16.6 Å². The molecule has 0 aromatic carbocycles. The molecule has 1 heterocycles. The Bertz CT molecular complexity index is 436. The zero-order chi connectivity index (χ0) is 14.2. The first kappa shape index (κ1) is 15.3. The maximum Gasteiger partial charge on any atom is 0.325 e. The predicted molar refractivity (Wildman–Crippen MR) is 65.9 cm³/mol. The molecular formula is C9H20N4O4S. The standard InChI is InChI=1S/C9H20N4O4S/c1-8(2,5-10)12-18(16,17)13-4-3-9(11,6-13)7(14)15/h12H,3-6,10-11H2,1-2H3,(H,14,15)/t9-/m1/s1. The summed E-state index contributed by atoms with van der Waals surface area (Å²) < 4.78 is 27.5. The van der Waals surface area contributed by atoms with E-state index >= 15 is 0 Å². The van der Waals surface area contributed by atoms with Crippen molar-refractivity contribution < 1.29 is 18.3 Å². The van der Waals surface area contributed by atoms with Crippen LogP contribution in [0.5, 0.6) is 0 Å². The van der Waals surface area contributed by atoms with Crippen LogP contribution in [0.2, 0.25) is 0 Å². The van der Waals surface area contributed by atoms with E-state index in [1.165, 1.54) is 0 Å². The molecule has 0 saturated carbocycles. The molecule has 1 saturated heterocycles. The number of nitrogens with two attached hydrogens (primary N) is 2. The number of carbonyl (C=O) groups is 1. The van der Waals surface area contributed by atoms with Gasteiger partial charge in [-0.1, -0.05) is 0 Å². The number of carboxylic acid groups (broad SMARTS) is 1. The Morgan fingerprint density at radius 3 is 2.50 bits per heavy atom. The van der Waals surface area contributed by atoms with Crippen LogP contribution in [0, 0.1) is 0 Å². The molecule has 1 fully saturated rings. The minimum absolute atomic E-state index is 0.0821. The molecule has 1 atom stereocenters. The first-order valence-electron chi connectivity index (χ1n) is 5.54. The van der Waals surface area contributed by atoms with Crippen molar-refractivity contribution in [2.75, 3.05) is 19.6 Å². The highest BCUT2D eigenvalue weighted by Gasteiger charge is 2.46. The van der Waals surface area contributed by atoms with E-state index in [1.54, 1.807) is 13.8 Å². The summed E-state index contributed by atoms with van der Waals surface area (Å²) in [6, 6.07) is 0. The third-order valence-corrected chi connectivity index (χ3v) is 4.75. The lowest BCUT2D eigenvalue weighted by Gasteiger charge is -2.28. The second kappa shape index (κ2) is 4.74. The average Bonchev–Trinajstić information content (AvgIpc) is 2.62. The molecular weight excluding hydrogens is 260 g/mol. The van der Waals surface area contributed by atoms with Crippen molar-refractivity contribution in [2.45, 2.75) is 31.3 Å². The van der Waals surface area contributed by atoms with Gasteiger partial charge in [-0.25, -0.2) is 0 Å². The maximum absolute atomic E-state index is 12.0. The van der Waals surface area contributed by atoms with Gasteiger partial charge >= 0.3 is 5.97 Å². The SMILES string of the molecule is CC(C)(CN)NS(=O)(=O)N1CC[C@](N)(C(=O)O)C1. The van der Waals surface area contributed by atoms with Gasteiger partial charge in [-0.3, -0.25) is 4.79 Å². The fourth-order valence-electron chi connectivity index (χ4n) is 1.63. The zero-order valence-corrected chi connectivity index (χ0v) is 11.3. The minimum Gasteiger partial charge on any atom is -0.480 e. The average molecular weight is 280 g/mol. The van der Waals surface area contributed by atoms with Gasteiger partial charge in [-0.05, 0) is 20.3 Å². The van der Waals surface area contributed by atoms with Crippen molar-refractivity contribution in [3.05, 3.63) is 0 Å². The van der Waals surface area contributed by atoms with Gasteiger partial charge in [0.25, 0.3) is 10.2 Å². The Hall–Kier alpha value is -0.740. The van der Waals surface area contributed by atoms with Crippen LogP contribution in [0.4, 0.5) is 0 Å². The number of carboxylic acids is 1. The molecule has 0 spiro atoms. The fourth-order valence-corrected chi connectivity index (χ4v) is 3.27. The monoisotopic (exact) mass is 280 g/mol. The predicted octanol–water partition coefficient (Wildman–Crippen LogP) is -1.95. The lowest BCUT2D eigenvalue weighted by Crippen LogP contribution is -2.55. The lowest BCUT2D eigenvalue weighted by molar-refractivity contribution is -0.142.